The molecule has 0 spiro atoms. The van der Waals surface area contributed by atoms with Crippen LogP contribution in [0.1, 0.15) is 45.4 Å². The molecule has 0 aliphatic heterocycles. The van der Waals surface area contributed by atoms with Crippen LogP contribution in [-0.4, -0.2) is 23.1 Å². The summed E-state index contributed by atoms with van der Waals surface area (Å²) < 4.78 is 0. The largest absolute Gasteiger partial charge is 0.480 e. The van der Waals surface area contributed by atoms with Gasteiger partial charge in [0.15, 0.2) is 0 Å². The minimum Gasteiger partial charge on any atom is -0.480 e. The van der Waals surface area contributed by atoms with Gasteiger partial charge >= 0.3 is 5.97 Å². The van der Waals surface area contributed by atoms with E-state index in [2.05, 4.69) is 0 Å². The van der Waals surface area contributed by atoms with Gasteiger partial charge in [0.1, 0.15) is 12.0 Å². The van der Waals surface area contributed by atoms with Crippen molar-refractivity contribution in [2.24, 2.45) is 5.73 Å². The summed E-state index contributed by atoms with van der Waals surface area (Å²) in [5, 5.41) is 8.16. The van der Waals surface area contributed by atoms with Gasteiger partial charge in [0.05, 0.1) is 0 Å². The van der Waals surface area contributed by atoms with Gasteiger partial charge in [-0.15, -0.1) is 0 Å². The Bertz CT molecular complexity index is 229. The maximum Gasteiger partial charge on any atom is 0.325 e. The predicted octanol–water partition coefficient (Wildman–Crippen LogP) is 1.52. The van der Waals surface area contributed by atoms with E-state index in [1.807, 2.05) is 0 Å². The van der Waals surface area contributed by atoms with E-state index >= 15 is 0 Å². The fourth-order valence-corrected chi connectivity index (χ4v) is 1.31. The number of carboxylic acid groups (broad SMARTS) is 1. The summed E-state index contributed by atoms with van der Waals surface area (Å²) in [5.41, 5.74) is 4.97. The van der Waals surface area contributed by atoms with E-state index in [1.165, 1.54) is 51.4 Å². The highest BCUT2D eigenvalue weighted by molar-refractivity contribution is 5.80. The van der Waals surface area contributed by atoms with Crippen molar-refractivity contribution in [1.29, 1.82) is 0 Å². The molecule has 15 heavy (non-hydrogen) atoms. The number of carbonyl (C=O) groups excluding carboxylic acids is 1. The van der Waals surface area contributed by atoms with Crippen LogP contribution < -0.4 is 5.73 Å². The SMILES string of the molecule is C1CCCCC1.CC(=C=O)C(N)C(=O)O. The van der Waals surface area contributed by atoms with Gasteiger partial charge in [0.25, 0.3) is 0 Å². The number of hydrogen-bond acceptors (Lipinski definition) is 3. The van der Waals surface area contributed by atoms with Crippen molar-refractivity contribution in [1.82, 2.24) is 0 Å². The molecule has 4 heteroatoms. The second-order valence-electron chi connectivity index (χ2n) is 3.72. The summed E-state index contributed by atoms with van der Waals surface area (Å²) in [6, 6.07) is -1.21. The number of rotatable bonds is 2. The molecule has 1 saturated carbocycles. The maximum atomic E-state index is 9.97. The Morgan fingerprint density at radius 2 is 1.53 bits per heavy atom. The van der Waals surface area contributed by atoms with Crippen molar-refractivity contribution in [3.8, 4) is 0 Å². The van der Waals surface area contributed by atoms with Gasteiger partial charge in [-0.05, 0) is 6.92 Å². The van der Waals surface area contributed by atoms with Crippen molar-refractivity contribution in [3.63, 3.8) is 0 Å². The van der Waals surface area contributed by atoms with Crippen LogP contribution in [0.3, 0.4) is 0 Å². The van der Waals surface area contributed by atoms with Crippen LogP contribution in [-0.2, 0) is 9.59 Å². The van der Waals surface area contributed by atoms with Crippen LogP contribution in [0.4, 0.5) is 0 Å². The molecule has 0 bridgehead atoms. The molecule has 0 amide bonds. The number of aliphatic carboxylic acids is 1. The zero-order valence-corrected chi connectivity index (χ0v) is 9.16. The van der Waals surface area contributed by atoms with Crippen LogP contribution in [0.25, 0.3) is 0 Å². The lowest BCUT2D eigenvalue weighted by molar-refractivity contribution is -0.137. The van der Waals surface area contributed by atoms with E-state index in [-0.39, 0.29) is 5.57 Å². The fraction of sp³-hybridized carbons (Fsp3) is 0.727. The Labute approximate surface area is 90.2 Å². The molecule has 3 N–H and O–H groups in total. The molecule has 1 aliphatic rings. The van der Waals surface area contributed by atoms with Gasteiger partial charge in [0.2, 0.25) is 0 Å². The number of carbonyl (C=O) groups is 1. The quantitative estimate of drug-likeness (QED) is 0.681. The zero-order valence-electron chi connectivity index (χ0n) is 9.16. The molecule has 0 radical (unpaired) electrons. The van der Waals surface area contributed by atoms with E-state index in [0.717, 1.165) is 0 Å². The molecule has 1 unspecified atom stereocenters. The molecular weight excluding hydrogens is 194 g/mol. The molecule has 1 fully saturated rings. The highest BCUT2D eigenvalue weighted by atomic mass is 16.4. The summed E-state index contributed by atoms with van der Waals surface area (Å²) in [4.78, 5) is 19.7. The molecule has 1 rings (SSSR count). The lowest BCUT2D eigenvalue weighted by atomic mass is 10.0. The smallest absolute Gasteiger partial charge is 0.325 e. The van der Waals surface area contributed by atoms with Crippen molar-refractivity contribution < 1.29 is 14.7 Å². The van der Waals surface area contributed by atoms with Crippen LogP contribution in [0.5, 0.6) is 0 Å². The second kappa shape index (κ2) is 8.21. The Balaban J connectivity index is 0.000000280. The Hall–Kier alpha value is -1.12. The van der Waals surface area contributed by atoms with E-state index in [9.17, 15) is 9.59 Å². The summed E-state index contributed by atoms with van der Waals surface area (Å²) in [5.74, 6) is 0.195. The van der Waals surface area contributed by atoms with Crippen LogP contribution in [0.2, 0.25) is 0 Å². The van der Waals surface area contributed by atoms with E-state index < -0.39 is 12.0 Å². The second-order valence-corrected chi connectivity index (χ2v) is 3.72. The van der Waals surface area contributed by atoms with Gasteiger partial charge in [0, 0.05) is 5.57 Å². The number of nitrogens with two attached hydrogens (primary N) is 1. The van der Waals surface area contributed by atoms with Crippen molar-refractivity contribution in [2.75, 3.05) is 0 Å². The molecule has 0 saturated heterocycles. The molecule has 1 atom stereocenters. The normalized spacial score (nSPS) is 16.7. The van der Waals surface area contributed by atoms with Gasteiger partial charge in [-0.1, -0.05) is 38.5 Å². The third-order valence-electron chi connectivity index (χ3n) is 2.39. The molecule has 1 aliphatic carbocycles. The van der Waals surface area contributed by atoms with Crippen LogP contribution >= 0.6 is 0 Å². The lowest BCUT2D eigenvalue weighted by Crippen LogP contribution is -2.31. The molecule has 0 aromatic heterocycles. The first kappa shape index (κ1) is 13.9. The van der Waals surface area contributed by atoms with Crippen LogP contribution in [0.15, 0.2) is 5.57 Å². The van der Waals surface area contributed by atoms with Crippen molar-refractivity contribution in [2.45, 2.75) is 51.5 Å². The molecule has 0 aromatic carbocycles. The average Bonchev–Trinajstić information content (AvgIpc) is 2.30. The molecular formula is C11H19NO3. The summed E-state index contributed by atoms with van der Waals surface area (Å²) in [7, 11) is 0. The first-order valence-electron chi connectivity index (χ1n) is 5.29. The summed E-state index contributed by atoms with van der Waals surface area (Å²) in [6.45, 7) is 1.33. The average molecular weight is 213 g/mol. The van der Waals surface area contributed by atoms with Gasteiger partial charge < -0.3 is 10.8 Å². The minimum absolute atomic E-state index is 0.00231. The fourth-order valence-electron chi connectivity index (χ4n) is 1.31. The topological polar surface area (TPSA) is 80.4 Å². The number of carboxylic acids is 1. The predicted molar refractivity (Wildman–Crippen MR) is 58.2 cm³/mol. The maximum absolute atomic E-state index is 9.97. The summed E-state index contributed by atoms with van der Waals surface area (Å²) >= 11 is 0. The third kappa shape index (κ3) is 6.89. The molecule has 86 valence electrons. The Morgan fingerprint density at radius 1 is 1.20 bits per heavy atom. The van der Waals surface area contributed by atoms with Crippen LogP contribution in [0, 0.1) is 0 Å². The zero-order chi connectivity index (χ0) is 11.7. The summed E-state index contributed by atoms with van der Waals surface area (Å²) in [6.07, 6.45) is 9.00. The van der Waals surface area contributed by atoms with Gasteiger partial charge in [-0.2, -0.15) is 0 Å². The van der Waals surface area contributed by atoms with Gasteiger partial charge in [-0.25, -0.2) is 4.79 Å². The number of hydrogen-bond donors (Lipinski definition) is 2. The first-order valence-corrected chi connectivity index (χ1v) is 5.29. The highest BCUT2D eigenvalue weighted by Crippen LogP contribution is 2.15. The third-order valence-corrected chi connectivity index (χ3v) is 2.39. The van der Waals surface area contributed by atoms with E-state index in [0.29, 0.717) is 0 Å². The minimum atomic E-state index is -1.21. The van der Waals surface area contributed by atoms with Crippen molar-refractivity contribution in [3.05, 3.63) is 5.57 Å². The monoisotopic (exact) mass is 213 g/mol. The Morgan fingerprint density at radius 3 is 1.67 bits per heavy atom. The highest BCUT2D eigenvalue weighted by Gasteiger charge is 2.13. The Kier molecular flexibility index (Phi) is 7.60. The first-order chi connectivity index (χ1) is 7.09. The van der Waals surface area contributed by atoms with E-state index in [1.54, 1.807) is 0 Å². The van der Waals surface area contributed by atoms with Gasteiger partial charge in [-0.3, -0.25) is 4.79 Å². The standard InChI is InChI=1S/C6H12.C5H7NO3/c1-2-4-6-5-3-1;1-3(2-7)4(6)5(8)9/h1-6H2;4H,6H2,1H3,(H,8,9). The molecule has 4 nitrogen and oxygen atoms in total. The van der Waals surface area contributed by atoms with Crippen molar-refractivity contribution >= 4 is 11.9 Å². The molecule has 0 aromatic rings. The lowest BCUT2D eigenvalue weighted by Gasteiger charge is -2.05. The van der Waals surface area contributed by atoms with E-state index in [4.69, 9.17) is 10.8 Å². The molecule has 0 heterocycles.